The second-order valence-corrected chi connectivity index (χ2v) is 5.45. The van der Waals surface area contributed by atoms with E-state index in [1.165, 1.54) is 6.07 Å². The molecule has 1 aliphatic carbocycles. The van der Waals surface area contributed by atoms with E-state index in [2.05, 4.69) is 19.2 Å². The Morgan fingerprint density at radius 3 is 2.56 bits per heavy atom. The Balaban J connectivity index is 2.01. The van der Waals surface area contributed by atoms with E-state index in [0.29, 0.717) is 5.56 Å². The van der Waals surface area contributed by atoms with E-state index in [1.54, 1.807) is 18.2 Å². The molecule has 0 heterocycles. The molecule has 0 spiro atoms. The fourth-order valence-electron chi connectivity index (χ4n) is 2.02. The van der Waals surface area contributed by atoms with Crippen LogP contribution in [0.4, 0.5) is 0 Å². The van der Waals surface area contributed by atoms with Gasteiger partial charge in [-0.3, -0.25) is 4.79 Å². The summed E-state index contributed by atoms with van der Waals surface area (Å²) in [4.78, 5) is 22.8. The number of nitrogens with one attached hydrogen (secondary N) is 1. The molecule has 0 aliphatic heterocycles. The summed E-state index contributed by atoms with van der Waals surface area (Å²) >= 11 is 0. The average molecular weight is 247 g/mol. The molecular weight excluding hydrogens is 230 g/mol. The first kappa shape index (κ1) is 12.6. The second kappa shape index (κ2) is 4.44. The van der Waals surface area contributed by atoms with Crippen LogP contribution in [0.2, 0.25) is 0 Å². The number of hydrogen-bond acceptors (Lipinski definition) is 2. The van der Waals surface area contributed by atoms with Crippen LogP contribution >= 0.6 is 0 Å². The van der Waals surface area contributed by atoms with Crippen LogP contribution in [0.5, 0.6) is 0 Å². The van der Waals surface area contributed by atoms with Crippen LogP contribution in [-0.2, 0) is 11.2 Å². The smallest absolute Gasteiger partial charge is 0.335 e. The van der Waals surface area contributed by atoms with Gasteiger partial charge in [0.2, 0.25) is 5.91 Å². The summed E-state index contributed by atoms with van der Waals surface area (Å²) < 4.78 is 0. The molecule has 18 heavy (non-hydrogen) atoms. The molecular formula is C14H17NO3. The molecule has 4 heteroatoms. The Kier molecular flexibility index (Phi) is 3.11. The zero-order chi connectivity index (χ0) is 13.3. The third-order valence-corrected chi connectivity index (χ3v) is 3.45. The average Bonchev–Trinajstić information content (AvgIpc) is 2.85. The molecule has 1 amide bonds. The molecule has 1 fully saturated rings. The number of aromatic carboxylic acids is 1. The Bertz CT molecular complexity index is 494. The van der Waals surface area contributed by atoms with E-state index in [1.807, 2.05) is 0 Å². The van der Waals surface area contributed by atoms with Crippen molar-refractivity contribution >= 4 is 11.9 Å². The lowest BCUT2D eigenvalue weighted by Crippen LogP contribution is -2.30. The maximum absolute atomic E-state index is 11.8. The highest BCUT2D eigenvalue weighted by Gasteiger charge is 2.46. The minimum atomic E-state index is -0.995. The predicted octanol–water partition coefficient (Wildman–Crippen LogP) is 1.84. The fraction of sp³-hybridized carbons (Fsp3) is 0.429. The summed E-state index contributed by atoms with van der Waals surface area (Å²) in [5.41, 5.74) is 0.936. The highest BCUT2D eigenvalue weighted by atomic mass is 16.4. The number of carbonyl (C=O) groups excluding carboxylic acids is 1. The van der Waals surface area contributed by atoms with E-state index in [4.69, 9.17) is 5.11 Å². The van der Waals surface area contributed by atoms with Crippen molar-refractivity contribution in [1.29, 1.82) is 0 Å². The predicted molar refractivity (Wildman–Crippen MR) is 67.4 cm³/mol. The van der Waals surface area contributed by atoms with Gasteiger partial charge in [-0.1, -0.05) is 32.0 Å². The number of hydrogen-bond donors (Lipinski definition) is 2. The van der Waals surface area contributed by atoms with E-state index in [9.17, 15) is 9.59 Å². The number of amides is 1. The minimum Gasteiger partial charge on any atom is -0.478 e. The quantitative estimate of drug-likeness (QED) is 0.853. The van der Waals surface area contributed by atoms with E-state index in [-0.39, 0.29) is 29.3 Å². The maximum atomic E-state index is 11.8. The highest BCUT2D eigenvalue weighted by molar-refractivity contribution is 5.91. The van der Waals surface area contributed by atoms with Gasteiger partial charge in [0, 0.05) is 6.04 Å². The van der Waals surface area contributed by atoms with Gasteiger partial charge < -0.3 is 10.4 Å². The third-order valence-electron chi connectivity index (χ3n) is 3.45. The maximum Gasteiger partial charge on any atom is 0.335 e. The lowest BCUT2D eigenvalue weighted by molar-refractivity contribution is -0.120. The molecule has 96 valence electrons. The van der Waals surface area contributed by atoms with Crippen LogP contribution in [0.25, 0.3) is 0 Å². The zero-order valence-electron chi connectivity index (χ0n) is 10.6. The molecule has 1 unspecified atom stereocenters. The molecule has 1 aliphatic rings. The van der Waals surface area contributed by atoms with Gasteiger partial charge in [0.25, 0.3) is 0 Å². The third kappa shape index (κ3) is 2.70. The number of carboxylic acid groups (broad SMARTS) is 1. The van der Waals surface area contributed by atoms with Crippen molar-refractivity contribution < 1.29 is 14.7 Å². The van der Waals surface area contributed by atoms with Crippen LogP contribution in [-0.4, -0.2) is 23.0 Å². The van der Waals surface area contributed by atoms with E-state index in [0.717, 1.165) is 6.42 Å². The summed E-state index contributed by atoms with van der Waals surface area (Å²) in [6.07, 6.45) is 1.11. The molecule has 1 atom stereocenters. The van der Waals surface area contributed by atoms with Gasteiger partial charge in [-0.15, -0.1) is 0 Å². The van der Waals surface area contributed by atoms with Crippen molar-refractivity contribution in [1.82, 2.24) is 5.32 Å². The molecule has 0 bridgehead atoms. The fourth-order valence-corrected chi connectivity index (χ4v) is 2.02. The van der Waals surface area contributed by atoms with Gasteiger partial charge in [-0.2, -0.15) is 0 Å². The van der Waals surface area contributed by atoms with Crippen LogP contribution in [0.3, 0.4) is 0 Å². The Hall–Kier alpha value is -1.84. The number of rotatable bonds is 4. The van der Waals surface area contributed by atoms with Crippen molar-refractivity contribution in [2.75, 3.05) is 0 Å². The molecule has 2 N–H and O–H groups in total. The minimum absolute atomic E-state index is 0.112. The number of carboxylic acids is 1. The molecule has 1 aromatic carbocycles. The lowest BCUT2D eigenvalue weighted by atomic mass is 10.0. The van der Waals surface area contributed by atoms with Gasteiger partial charge in [-0.25, -0.2) is 4.79 Å². The molecule has 4 nitrogen and oxygen atoms in total. The monoisotopic (exact) mass is 247 g/mol. The normalized spacial score (nSPS) is 20.2. The van der Waals surface area contributed by atoms with Crippen molar-refractivity contribution in [2.45, 2.75) is 32.7 Å². The largest absolute Gasteiger partial charge is 0.478 e. The number of benzene rings is 1. The van der Waals surface area contributed by atoms with Gasteiger partial charge in [0.15, 0.2) is 0 Å². The Morgan fingerprint density at radius 2 is 2.00 bits per heavy atom. The Labute approximate surface area is 106 Å². The highest BCUT2D eigenvalue weighted by Crippen LogP contribution is 2.44. The van der Waals surface area contributed by atoms with Crippen LogP contribution in [0, 0.1) is 5.41 Å². The van der Waals surface area contributed by atoms with Crippen molar-refractivity contribution in [3.63, 3.8) is 0 Å². The first-order valence-electron chi connectivity index (χ1n) is 6.01. The summed E-state index contributed by atoms with van der Waals surface area (Å²) in [5.74, 6) is -1.11. The second-order valence-electron chi connectivity index (χ2n) is 5.45. The molecule has 0 saturated heterocycles. The van der Waals surface area contributed by atoms with E-state index >= 15 is 0 Å². The summed E-state index contributed by atoms with van der Waals surface area (Å²) in [5, 5.41) is 12.0. The van der Waals surface area contributed by atoms with Crippen molar-refractivity contribution in [3.8, 4) is 0 Å². The molecule has 1 saturated carbocycles. The zero-order valence-corrected chi connectivity index (χ0v) is 10.6. The first-order valence-corrected chi connectivity index (χ1v) is 6.01. The van der Waals surface area contributed by atoms with Crippen molar-refractivity contribution in [2.24, 2.45) is 5.41 Å². The lowest BCUT2D eigenvalue weighted by Gasteiger charge is -2.08. The first-order chi connectivity index (χ1) is 8.40. The standard InChI is InChI=1S/C14H17NO3/c1-14(2)8-11(14)15-12(16)7-9-5-3-4-6-10(9)13(17)18/h3-6,11H,7-8H2,1-2H3,(H,15,16)(H,17,18). The molecule has 1 aromatic rings. The van der Waals surface area contributed by atoms with Crippen LogP contribution in [0.1, 0.15) is 36.2 Å². The van der Waals surface area contributed by atoms with E-state index < -0.39 is 5.97 Å². The topological polar surface area (TPSA) is 66.4 Å². The molecule has 0 aromatic heterocycles. The van der Waals surface area contributed by atoms with Gasteiger partial charge in [0.05, 0.1) is 12.0 Å². The summed E-state index contributed by atoms with van der Waals surface area (Å²) in [6, 6.07) is 6.83. The van der Waals surface area contributed by atoms with Crippen LogP contribution in [0.15, 0.2) is 24.3 Å². The van der Waals surface area contributed by atoms with Crippen molar-refractivity contribution in [3.05, 3.63) is 35.4 Å². The Morgan fingerprint density at radius 1 is 1.39 bits per heavy atom. The van der Waals surface area contributed by atoms with Gasteiger partial charge in [-0.05, 0) is 23.5 Å². The van der Waals surface area contributed by atoms with Gasteiger partial charge in [0.1, 0.15) is 0 Å². The number of carbonyl (C=O) groups is 2. The van der Waals surface area contributed by atoms with Crippen LogP contribution < -0.4 is 5.32 Å². The van der Waals surface area contributed by atoms with Gasteiger partial charge >= 0.3 is 5.97 Å². The molecule has 0 radical (unpaired) electrons. The molecule has 2 rings (SSSR count). The summed E-state index contributed by atoms with van der Waals surface area (Å²) in [7, 11) is 0. The SMILES string of the molecule is CC1(C)CC1NC(=O)Cc1ccccc1C(=O)O. The summed E-state index contributed by atoms with van der Waals surface area (Å²) in [6.45, 7) is 4.20.